The number of fused-ring (bicyclic) bond motifs is 1. The maximum atomic E-state index is 12.9. The Bertz CT molecular complexity index is 1480. The number of benzene rings is 1. The van der Waals surface area contributed by atoms with Gasteiger partial charge in [0.1, 0.15) is 6.33 Å². The molecule has 0 radical (unpaired) electrons. The van der Waals surface area contributed by atoms with Crippen LogP contribution in [0.1, 0.15) is 12.0 Å². The molecule has 35 heavy (non-hydrogen) atoms. The van der Waals surface area contributed by atoms with Crippen molar-refractivity contribution < 1.29 is 4.79 Å². The van der Waals surface area contributed by atoms with E-state index in [2.05, 4.69) is 37.3 Å². The van der Waals surface area contributed by atoms with Crippen LogP contribution in [0.5, 0.6) is 0 Å². The van der Waals surface area contributed by atoms with Gasteiger partial charge in [0.05, 0.1) is 30.1 Å². The molecule has 5 aromatic rings. The number of pyridine rings is 1. The number of hydrogen-bond donors (Lipinski definition) is 0. The fourth-order valence-electron chi connectivity index (χ4n) is 4.49. The second-order valence-electron chi connectivity index (χ2n) is 8.69. The lowest BCUT2D eigenvalue weighted by Gasteiger charge is -2.21. The van der Waals surface area contributed by atoms with Crippen LogP contribution in [0.25, 0.3) is 16.6 Å². The number of carbonyl (C=O) groups is 1. The molecule has 1 saturated heterocycles. The third-order valence-electron chi connectivity index (χ3n) is 6.32. The minimum absolute atomic E-state index is 0.0281. The molecule has 0 atom stereocenters. The van der Waals surface area contributed by atoms with Crippen LogP contribution in [-0.2, 0) is 18.4 Å². The Morgan fingerprint density at radius 3 is 2.63 bits per heavy atom. The molecule has 10 nitrogen and oxygen atoms in total. The van der Waals surface area contributed by atoms with Crippen LogP contribution in [0.2, 0.25) is 0 Å². The van der Waals surface area contributed by atoms with E-state index in [1.54, 1.807) is 20.6 Å². The van der Waals surface area contributed by atoms with Gasteiger partial charge >= 0.3 is 0 Å². The van der Waals surface area contributed by atoms with Crippen molar-refractivity contribution in [1.82, 2.24) is 34.2 Å². The van der Waals surface area contributed by atoms with Gasteiger partial charge in [0.15, 0.2) is 0 Å². The van der Waals surface area contributed by atoms with Crippen molar-refractivity contribution in [3.05, 3.63) is 79.1 Å². The van der Waals surface area contributed by atoms with Crippen LogP contribution in [0.4, 0.5) is 11.6 Å². The Kier molecular flexibility index (Phi) is 5.25. The predicted octanol–water partition coefficient (Wildman–Crippen LogP) is 2.62. The standard InChI is InChI=1S/C25H25N9O/c1-30-16-21(13-27-30)20-7-8-22-23(14-28-34(22)17-20)31-10-9-24(35)33(12-11-31)25-26-18-32(29-25)15-19-5-3-2-4-6-19/h2-8,13-14,16-18H,9-12,15H2,1H3. The normalized spacial score (nSPS) is 14.6. The fraction of sp³-hybridized carbons (Fsp3) is 0.240. The Morgan fingerprint density at radius 1 is 0.914 bits per heavy atom. The van der Waals surface area contributed by atoms with E-state index in [1.165, 1.54) is 0 Å². The quantitative estimate of drug-likeness (QED) is 0.395. The van der Waals surface area contributed by atoms with Gasteiger partial charge in [-0.3, -0.25) is 14.4 Å². The number of anilines is 2. The van der Waals surface area contributed by atoms with Gasteiger partial charge in [-0.1, -0.05) is 36.4 Å². The van der Waals surface area contributed by atoms with Crippen molar-refractivity contribution in [2.45, 2.75) is 13.0 Å². The van der Waals surface area contributed by atoms with Gasteiger partial charge in [-0.05, 0) is 11.6 Å². The van der Waals surface area contributed by atoms with Crippen LogP contribution in [0.15, 0.2) is 73.6 Å². The smallest absolute Gasteiger partial charge is 0.251 e. The van der Waals surface area contributed by atoms with Crippen molar-refractivity contribution in [2.24, 2.45) is 7.05 Å². The third-order valence-corrected chi connectivity index (χ3v) is 6.32. The minimum Gasteiger partial charge on any atom is -0.366 e. The summed E-state index contributed by atoms with van der Waals surface area (Å²) in [5, 5.41) is 13.4. The first kappa shape index (κ1) is 21.1. The van der Waals surface area contributed by atoms with Gasteiger partial charge in [-0.2, -0.15) is 10.2 Å². The van der Waals surface area contributed by atoms with E-state index in [0.29, 0.717) is 38.5 Å². The number of nitrogens with zero attached hydrogens (tertiary/aromatic N) is 9. The molecule has 0 spiro atoms. The molecule has 1 aromatic carbocycles. The molecule has 0 bridgehead atoms. The summed E-state index contributed by atoms with van der Waals surface area (Å²) in [6, 6.07) is 14.2. The van der Waals surface area contributed by atoms with Gasteiger partial charge in [-0.15, -0.1) is 5.10 Å². The average molecular weight is 468 g/mol. The highest BCUT2D eigenvalue weighted by Gasteiger charge is 2.26. The summed E-state index contributed by atoms with van der Waals surface area (Å²) < 4.78 is 5.44. The molecule has 1 aliphatic rings. The number of hydrogen-bond acceptors (Lipinski definition) is 6. The molecular formula is C25H25N9O. The molecule has 6 rings (SSSR count). The van der Waals surface area contributed by atoms with E-state index in [9.17, 15) is 4.79 Å². The summed E-state index contributed by atoms with van der Waals surface area (Å²) in [4.78, 5) is 21.3. The fourth-order valence-corrected chi connectivity index (χ4v) is 4.49. The molecular weight excluding hydrogens is 442 g/mol. The van der Waals surface area contributed by atoms with Crippen LogP contribution < -0.4 is 9.80 Å². The highest BCUT2D eigenvalue weighted by molar-refractivity contribution is 5.92. The van der Waals surface area contributed by atoms with E-state index in [0.717, 1.165) is 27.9 Å². The van der Waals surface area contributed by atoms with Gasteiger partial charge in [-0.25, -0.2) is 14.2 Å². The minimum atomic E-state index is 0.0281. The second kappa shape index (κ2) is 8.71. The number of aromatic nitrogens is 7. The van der Waals surface area contributed by atoms with Crippen LogP contribution in [0, 0.1) is 0 Å². The number of carbonyl (C=O) groups excluding carboxylic acids is 1. The van der Waals surface area contributed by atoms with E-state index in [-0.39, 0.29) is 5.91 Å². The Hall–Kier alpha value is -4.47. The molecule has 5 heterocycles. The van der Waals surface area contributed by atoms with E-state index in [4.69, 9.17) is 0 Å². The van der Waals surface area contributed by atoms with E-state index >= 15 is 0 Å². The SMILES string of the molecule is Cn1cc(-c2ccc3c(N4CCC(=O)N(c5ncn(Cc6ccccc6)n5)CC4)cnn3c2)cn1. The Balaban J connectivity index is 1.19. The highest BCUT2D eigenvalue weighted by atomic mass is 16.2. The zero-order valence-electron chi connectivity index (χ0n) is 19.4. The zero-order valence-corrected chi connectivity index (χ0v) is 19.4. The Labute approximate surface area is 202 Å². The first-order valence-electron chi connectivity index (χ1n) is 11.6. The Morgan fingerprint density at radius 2 is 1.80 bits per heavy atom. The second-order valence-corrected chi connectivity index (χ2v) is 8.69. The largest absolute Gasteiger partial charge is 0.366 e. The van der Waals surface area contributed by atoms with E-state index < -0.39 is 0 Å². The zero-order chi connectivity index (χ0) is 23.8. The number of rotatable bonds is 5. The molecule has 10 heteroatoms. The van der Waals surface area contributed by atoms with Gasteiger partial charge in [0.2, 0.25) is 5.91 Å². The maximum Gasteiger partial charge on any atom is 0.251 e. The van der Waals surface area contributed by atoms with Crippen molar-refractivity contribution in [3.63, 3.8) is 0 Å². The predicted molar refractivity (Wildman–Crippen MR) is 132 cm³/mol. The molecule has 1 fully saturated rings. The molecule has 1 amide bonds. The van der Waals surface area contributed by atoms with Crippen LogP contribution in [-0.4, -0.2) is 59.7 Å². The summed E-state index contributed by atoms with van der Waals surface area (Å²) in [5.41, 5.74) is 5.25. The third kappa shape index (κ3) is 4.14. The lowest BCUT2D eigenvalue weighted by molar-refractivity contribution is -0.118. The molecule has 0 saturated carbocycles. The van der Waals surface area contributed by atoms with E-state index in [1.807, 2.05) is 66.7 Å². The van der Waals surface area contributed by atoms with Crippen LogP contribution >= 0.6 is 0 Å². The highest BCUT2D eigenvalue weighted by Crippen LogP contribution is 2.27. The van der Waals surface area contributed by atoms with Crippen molar-refractivity contribution in [2.75, 3.05) is 29.4 Å². The average Bonchev–Trinajstić information content (AvgIpc) is 3.59. The number of aryl methyl sites for hydroxylation is 1. The molecule has 0 aliphatic carbocycles. The summed E-state index contributed by atoms with van der Waals surface area (Å²) in [7, 11) is 1.90. The summed E-state index contributed by atoms with van der Waals surface area (Å²) >= 11 is 0. The first-order chi connectivity index (χ1) is 17.1. The summed E-state index contributed by atoms with van der Waals surface area (Å²) in [6.07, 6.45) is 9.77. The summed E-state index contributed by atoms with van der Waals surface area (Å²) in [6.45, 7) is 2.42. The molecule has 176 valence electrons. The van der Waals surface area contributed by atoms with Crippen molar-refractivity contribution >= 4 is 23.1 Å². The lowest BCUT2D eigenvalue weighted by atomic mass is 10.1. The molecule has 1 aliphatic heterocycles. The van der Waals surface area contributed by atoms with Gasteiger partial charge < -0.3 is 4.90 Å². The summed E-state index contributed by atoms with van der Waals surface area (Å²) in [5.74, 6) is 0.481. The van der Waals surface area contributed by atoms with Gasteiger partial charge in [0.25, 0.3) is 5.95 Å². The monoisotopic (exact) mass is 467 g/mol. The van der Waals surface area contributed by atoms with Crippen molar-refractivity contribution in [3.8, 4) is 11.1 Å². The first-order valence-corrected chi connectivity index (χ1v) is 11.6. The maximum absolute atomic E-state index is 12.9. The van der Waals surface area contributed by atoms with Gasteiger partial charge in [0, 0.05) is 56.6 Å². The van der Waals surface area contributed by atoms with Crippen LogP contribution in [0.3, 0.4) is 0 Å². The molecule has 0 unspecified atom stereocenters. The topological polar surface area (TPSA) is 89.4 Å². The lowest BCUT2D eigenvalue weighted by Crippen LogP contribution is -2.34. The molecule has 0 N–H and O–H groups in total. The van der Waals surface area contributed by atoms with Crippen molar-refractivity contribution in [1.29, 1.82) is 0 Å². The molecule has 4 aromatic heterocycles. The number of amides is 1.